The molecule has 110 valence electrons. The number of hydrogen-bond acceptors (Lipinski definition) is 4. The molecule has 0 spiro atoms. The molecule has 20 heavy (non-hydrogen) atoms. The fourth-order valence-electron chi connectivity index (χ4n) is 3.03. The summed E-state index contributed by atoms with van der Waals surface area (Å²) in [6, 6.07) is 0. The number of ether oxygens (including phenoxy) is 1. The number of aromatic nitrogens is 3. The summed E-state index contributed by atoms with van der Waals surface area (Å²) in [4.78, 5) is 14.0. The normalized spacial score (nSPS) is 19.9. The highest BCUT2D eigenvalue weighted by molar-refractivity contribution is 5.77. The topological polar surface area (TPSA) is 60.2 Å². The molecule has 2 heterocycles. The van der Waals surface area contributed by atoms with Crippen molar-refractivity contribution in [3.05, 3.63) is 11.6 Å². The van der Waals surface area contributed by atoms with Gasteiger partial charge >= 0.3 is 0 Å². The van der Waals surface area contributed by atoms with Gasteiger partial charge in [0.15, 0.2) is 5.82 Å². The van der Waals surface area contributed by atoms with Gasteiger partial charge in [-0.1, -0.05) is 19.3 Å². The van der Waals surface area contributed by atoms with Crippen molar-refractivity contribution in [2.24, 2.45) is 0 Å². The van der Waals surface area contributed by atoms with E-state index < -0.39 is 0 Å². The van der Waals surface area contributed by atoms with Crippen molar-refractivity contribution in [1.82, 2.24) is 19.7 Å². The minimum absolute atomic E-state index is 0.0717. The molecule has 0 aromatic carbocycles. The molecule has 3 rings (SSSR count). The lowest BCUT2D eigenvalue weighted by atomic mass is 9.98. The molecule has 0 unspecified atom stereocenters. The van der Waals surface area contributed by atoms with E-state index >= 15 is 0 Å². The molecule has 1 aliphatic heterocycles. The Kier molecular flexibility index (Phi) is 4.00. The number of carbonyl (C=O) groups is 1. The number of carbonyl (C=O) groups excluding carboxylic acids is 1. The van der Waals surface area contributed by atoms with Crippen molar-refractivity contribution in [3.63, 3.8) is 0 Å². The molecule has 1 aromatic rings. The predicted molar refractivity (Wildman–Crippen MR) is 73.0 cm³/mol. The Morgan fingerprint density at radius 3 is 2.85 bits per heavy atom. The summed E-state index contributed by atoms with van der Waals surface area (Å²) in [5.74, 6) is 1.87. The van der Waals surface area contributed by atoms with Gasteiger partial charge in [0.25, 0.3) is 0 Å². The zero-order chi connectivity index (χ0) is 13.9. The maximum absolute atomic E-state index is 12.2. The second-order valence-corrected chi connectivity index (χ2v) is 5.70. The Morgan fingerprint density at radius 1 is 1.25 bits per heavy atom. The van der Waals surface area contributed by atoms with Crippen molar-refractivity contribution in [3.8, 4) is 0 Å². The molecule has 1 fully saturated rings. The number of nitrogens with zero attached hydrogens (tertiary/aromatic N) is 4. The van der Waals surface area contributed by atoms with E-state index in [1.54, 1.807) is 0 Å². The minimum Gasteiger partial charge on any atom is -0.368 e. The molecule has 0 N–H and O–H groups in total. The average Bonchev–Trinajstić information content (AvgIpc) is 2.87. The zero-order valence-corrected chi connectivity index (χ0v) is 12.0. The van der Waals surface area contributed by atoms with Crippen LogP contribution in [0.5, 0.6) is 0 Å². The standard InChI is InChI=1S/C14H22N4O2/c1-11-15-16-13-9-17(7-8-18(11)13)14(19)10-20-12-5-3-2-4-6-12/h12H,2-10H2,1H3. The molecule has 1 aromatic heterocycles. The summed E-state index contributed by atoms with van der Waals surface area (Å²) in [5, 5.41) is 8.17. The second kappa shape index (κ2) is 5.91. The van der Waals surface area contributed by atoms with Gasteiger partial charge in [-0.05, 0) is 19.8 Å². The molecule has 2 aliphatic rings. The zero-order valence-electron chi connectivity index (χ0n) is 12.0. The third kappa shape index (κ3) is 2.85. The molecular formula is C14H22N4O2. The van der Waals surface area contributed by atoms with Crippen LogP contribution in [0.1, 0.15) is 43.8 Å². The van der Waals surface area contributed by atoms with Gasteiger partial charge in [0.05, 0.1) is 12.6 Å². The van der Waals surface area contributed by atoms with Gasteiger partial charge < -0.3 is 14.2 Å². The van der Waals surface area contributed by atoms with Gasteiger partial charge in [-0.2, -0.15) is 0 Å². The maximum atomic E-state index is 12.2. The Labute approximate surface area is 119 Å². The van der Waals surface area contributed by atoms with Crippen LogP contribution in [0.3, 0.4) is 0 Å². The first-order valence-corrected chi connectivity index (χ1v) is 7.52. The summed E-state index contributed by atoms with van der Waals surface area (Å²) in [5.41, 5.74) is 0. The van der Waals surface area contributed by atoms with Crippen molar-refractivity contribution in [2.75, 3.05) is 13.2 Å². The first kappa shape index (κ1) is 13.5. The largest absolute Gasteiger partial charge is 0.368 e. The van der Waals surface area contributed by atoms with Gasteiger partial charge in [0, 0.05) is 13.1 Å². The molecule has 0 saturated heterocycles. The summed E-state index contributed by atoms with van der Waals surface area (Å²) in [6.45, 7) is 4.20. The van der Waals surface area contributed by atoms with Crippen LogP contribution in [0.4, 0.5) is 0 Å². The smallest absolute Gasteiger partial charge is 0.249 e. The number of hydrogen-bond donors (Lipinski definition) is 0. The SMILES string of the molecule is Cc1nnc2n1CCN(C(=O)COC1CCCCC1)C2. The molecule has 0 bridgehead atoms. The van der Waals surface area contributed by atoms with E-state index in [1.807, 2.05) is 11.8 Å². The molecular weight excluding hydrogens is 256 g/mol. The van der Waals surface area contributed by atoms with Gasteiger partial charge in [-0.25, -0.2) is 0 Å². The molecule has 6 heteroatoms. The average molecular weight is 278 g/mol. The van der Waals surface area contributed by atoms with E-state index in [4.69, 9.17) is 4.74 Å². The van der Waals surface area contributed by atoms with Crippen LogP contribution in [-0.2, 0) is 22.6 Å². The molecule has 6 nitrogen and oxygen atoms in total. The molecule has 1 amide bonds. The van der Waals surface area contributed by atoms with Crippen molar-refractivity contribution in [1.29, 1.82) is 0 Å². The molecule has 1 aliphatic carbocycles. The third-order valence-electron chi connectivity index (χ3n) is 4.29. The van der Waals surface area contributed by atoms with E-state index in [1.165, 1.54) is 19.3 Å². The molecule has 0 radical (unpaired) electrons. The fraction of sp³-hybridized carbons (Fsp3) is 0.786. The minimum atomic E-state index is 0.0717. The highest BCUT2D eigenvalue weighted by Gasteiger charge is 2.24. The van der Waals surface area contributed by atoms with E-state index in [2.05, 4.69) is 14.8 Å². The summed E-state index contributed by atoms with van der Waals surface area (Å²) in [7, 11) is 0. The van der Waals surface area contributed by atoms with E-state index in [0.717, 1.165) is 37.6 Å². The van der Waals surface area contributed by atoms with E-state index in [-0.39, 0.29) is 18.6 Å². The van der Waals surface area contributed by atoms with Crippen LogP contribution in [0.25, 0.3) is 0 Å². The van der Waals surface area contributed by atoms with E-state index in [9.17, 15) is 4.79 Å². The van der Waals surface area contributed by atoms with Crippen LogP contribution in [0.15, 0.2) is 0 Å². The van der Waals surface area contributed by atoms with Crippen LogP contribution < -0.4 is 0 Å². The number of rotatable bonds is 3. The van der Waals surface area contributed by atoms with Gasteiger partial charge in [-0.15, -0.1) is 10.2 Å². The Hall–Kier alpha value is -1.43. The van der Waals surface area contributed by atoms with E-state index in [0.29, 0.717) is 6.54 Å². The lowest BCUT2D eigenvalue weighted by Crippen LogP contribution is -2.41. The molecule has 0 atom stereocenters. The first-order chi connectivity index (χ1) is 9.74. The highest BCUT2D eigenvalue weighted by atomic mass is 16.5. The Morgan fingerprint density at radius 2 is 2.05 bits per heavy atom. The van der Waals surface area contributed by atoms with Crippen molar-refractivity contribution < 1.29 is 9.53 Å². The monoisotopic (exact) mass is 278 g/mol. The maximum Gasteiger partial charge on any atom is 0.249 e. The number of amides is 1. The summed E-state index contributed by atoms with van der Waals surface area (Å²) in [6.07, 6.45) is 6.23. The fourth-order valence-corrected chi connectivity index (χ4v) is 3.03. The second-order valence-electron chi connectivity index (χ2n) is 5.70. The van der Waals surface area contributed by atoms with Gasteiger partial charge in [0.2, 0.25) is 5.91 Å². The Balaban J connectivity index is 1.51. The first-order valence-electron chi connectivity index (χ1n) is 7.52. The van der Waals surface area contributed by atoms with Gasteiger partial charge in [-0.3, -0.25) is 4.79 Å². The lowest BCUT2D eigenvalue weighted by molar-refractivity contribution is -0.140. The van der Waals surface area contributed by atoms with Crippen LogP contribution in [0.2, 0.25) is 0 Å². The highest BCUT2D eigenvalue weighted by Crippen LogP contribution is 2.20. The Bertz CT molecular complexity index is 480. The quantitative estimate of drug-likeness (QED) is 0.835. The lowest BCUT2D eigenvalue weighted by Gasteiger charge is -2.29. The third-order valence-corrected chi connectivity index (χ3v) is 4.29. The van der Waals surface area contributed by atoms with Gasteiger partial charge in [0.1, 0.15) is 12.4 Å². The van der Waals surface area contributed by atoms with Crippen molar-refractivity contribution >= 4 is 5.91 Å². The van der Waals surface area contributed by atoms with Crippen LogP contribution in [0, 0.1) is 6.92 Å². The number of aryl methyl sites for hydroxylation is 1. The van der Waals surface area contributed by atoms with Crippen LogP contribution in [-0.4, -0.2) is 44.8 Å². The predicted octanol–water partition coefficient (Wildman–Crippen LogP) is 1.28. The number of fused-ring (bicyclic) bond motifs is 1. The van der Waals surface area contributed by atoms with Crippen molar-refractivity contribution in [2.45, 2.75) is 58.2 Å². The van der Waals surface area contributed by atoms with Crippen LogP contribution >= 0.6 is 0 Å². The molecule has 1 saturated carbocycles. The summed E-state index contributed by atoms with van der Waals surface area (Å²) >= 11 is 0. The summed E-state index contributed by atoms with van der Waals surface area (Å²) < 4.78 is 7.83.